The van der Waals surface area contributed by atoms with Gasteiger partial charge >= 0.3 is 6.18 Å². The van der Waals surface area contributed by atoms with Gasteiger partial charge < -0.3 is 10.1 Å². The predicted molar refractivity (Wildman–Crippen MR) is 115 cm³/mol. The summed E-state index contributed by atoms with van der Waals surface area (Å²) in [6.07, 6.45) is -4.65. The first-order chi connectivity index (χ1) is 14.8. The van der Waals surface area contributed by atoms with Gasteiger partial charge in [-0.2, -0.15) is 13.2 Å². The molecule has 0 saturated carbocycles. The number of nitrogens with one attached hydrogen (secondary N) is 1. The van der Waals surface area contributed by atoms with E-state index in [0.717, 1.165) is 4.57 Å². The van der Waals surface area contributed by atoms with Crippen LogP contribution in [0.5, 0.6) is 5.75 Å². The average Bonchev–Trinajstić information content (AvgIpc) is 3.14. The molecule has 4 aromatic rings. The summed E-state index contributed by atoms with van der Waals surface area (Å²) in [5.74, 6) is -0.965. The summed E-state index contributed by atoms with van der Waals surface area (Å²) >= 11 is 3.32. The molecule has 0 saturated heterocycles. The molecule has 0 aliphatic heterocycles. The number of benzene rings is 3. The van der Waals surface area contributed by atoms with Crippen LogP contribution in [0.2, 0.25) is 0 Å². The van der Waals surface area contributed by atoms with E-state index in [4.69, 9.17) is 4.74 Å². The van der Waals surface area contributed by atoms with Gasteiger partial charge in [-0.15, -0.1) is 0 Å². The molecule has 158 valence electrons. The molecule has 0 unspecified atom stereocenters. The minimum Gasteiger partial charge on any atom is -0.497 e. The van der Waals surface area contributed by atoms with Crippen molar-refractivity contribution in [1.29, 1.82) is 0 Å². The number of carbonyl (C=O) groups is 1. The van der Waals surface area contributed by atoms with Gasteiger partial charge in [-0.1, -0.05) is 12.1 Å². The fourth-order valence-corrected chi connectivity index (χ4v) is 3.64. The normalized spacial score (nSPS) is 11.5. The number of anilines is 1. The van der Waals surface area contributed by atoms with Crippen molar-refractivity contribution in [2.24, 2.45) is 0 Å². The summed E-state index contributed by atoms with van der Waals surface area (Å²) in [4.78, 5) is 16.2. The van der Waals surface area contributed by atoms with Crippen molar-refractivity contribution in [3.05, 3.63) is 82.6 Å². The Kier molecular flexibility index (Phi) is 5.45. The minimum absolute atomic E-state index is 0.165. The molecule has 1 amide bonds. The molecule has 1 N–H and O–H groups in total. The van der Waals surface area contributed by atoms with E-state index in [1.807, 2.05) is 0 Å². The number of hydrogen-bond acceptors (Lipinski definition) is 3. The second-order valence-electron chi connectivity index (χ2n) is 6.60. The largest absolute Gasteiger partial charge is 0.497 e. The number of halogens is 4. The van der Waals surface area contributed by atoms with Crippen molar-refractivity contribution in [1.82, 2.24) is 9.55 Å². The molecule has 0 spiro atoms. The Morgan fingerprint density at radius 1 is 1.06 bits per heavy atom. The number of fused-ring (bicyclic) bond motifs is 1. The lowest BCUT2D eigenvalue weighted by Crippen LogP contribution is -2.14. The van der Waals surface area contributed by atoms with E-state index in [1.54, 1.807) is 42.5 Å². The summed E-state index contributed by atoms with van der Waals surface area (Å²) in [5.41, 5.74) is 1.61. The van der Waals surface area contributed by atoms with Gasteiger partial charge in [-0.25, -0.2) is 4.98 Å². The number of aromatic nitrogens is 2. The third-order valence-corrected chi connectivity index (χ3v) is 5.31. The molecule has 0 atom stereocenters. The molecular weight excluding hydrogens is 475 g/mol. The molecule has 9 heteroatoms. The molecule has 1 aromatic heterocycles. The van der Waals surface area contributed by atoms with Crippen LogP contribution in [0.4, 0.5) is 18.9 Å². The van der Waals surface area contributed by atoms with Crippen LogP contribution in [0, 0.1) is 0 Å². The number of imidazole rings is 1. The number of nitrogens with zero attached hydrogens (tertiary/aromatic N) is 2. The average molecular weight is 490 g/mol. The van der Waals surface area contributed by atoms with Crippen LogP contribution >= 0.6 is 15.9 Å². The summed E-state index contributed by atoms with van der Waals surface area (Å²) in [6.45, 7) is 0. The predicted octanol–water partition coefficient (Wildman–Crippen LogP) is 6.07. The zero-order chi connectivity index (χ0) is 22.2. The smallest absolute Gasteiger partial charge is 0.450 e. The van der Waals surface area contributed by atoms with E-state index >= 15 is 0 Å². The Labute approximate surface area is 183 Å². The van der Waals surface area contributed by atoms with Crippen LogP contribution in [0.1, 0.15) is 16.2 Å². The molecule has 0 bridgehead atoms. The molecule has 3 aromatic carbocycles. The highest BCUT2D eigenvalue weighted by Gasteiger charge is 2.38. The highest BCUT2D eigenvalue weighted by molar-refractivity contribution is 9.10. The van der Waals surface area contributed by atoms with Gasteiger partial charge in [-0.3, -0.25) is 9.36 Å². The van der Waals surface area contributed by atoms with E-state index in [0.29, 0.717) is 21.5 Å². The maximum Gasteiger partial charge on any atom is 0.450 e. The fourth-order valence-electron chi connectivity index (χ4n) is 3.18. The monoisotopic (exact) mass is 489 g/mol. The number of alkyl halides is 3. The summed E-state index contributed by atoms with van der Waals surface area (Å²) in [7, 11) is 1.43. The van der Waals surface area contributed by atoms with E-state index in [-0.39, 0.29) is 22.6 Å². The minimum atomic E-state index is -4.65. The van der Waals surface area contributed by atoms with Crippen molar-refractivity contribution in [3.63, 3.8) is 0 Å². The number of rotatable bonds is 4. The summed E-state index contributed by atoms with van der Waals surface area (Å²) < 4.78 is 47.7. The van der Waals surface area contributed by atoms with Gasteiger partial charge in [0.05, 0.1) is 23.7 Å². The van der Waals surface area contributed by atoms with Crippen LogP contribution in [0.25, 0.3) is 16.7 Å². The lowest BCUT2D eigenvalue weighted by atomic mass is 10.2. The maximum atomic E-state index is 13.7. The quantitative estimate of drug-likeness (QED) is 0.378. The Hall–Kier alpha value is -3.33. The Morgan fingerprint density at radius 2 is 1.77 bits per heavy atom. The SMILES string of the molecule is COc1ccc2c(c1)nc(C(F)(F)F)n2-c1ccc(NC(=O)c2ccccc2Br)cc1. The van der Waals surface area contributed by atoms with Crippen molar-refractivity contribution in [2.75, 3.05) is 12.4 Å². The molecule has 5 nitrogen and oxygen atoms in total. The van der Waals surface area contributed by atoms with Gasteiger partial charge in [0.1, 0.15) is 5.75 Å². The van der Waals surface area contributed by atoms with E-state index in [1.165, 1.54) is 31.4 Å². The first-order valence-corrected chi connectivity index (χ1v) is 9.87. The van der Waals surface area contributed by atoms with E-state index in [2.05, 4.69) is 26.2 Å². The van der Waals surface area contributed by atoms with Crippen molar-refractivity contribution >= 4 is 38.6 Å². The Balaban J connectivity index is 1.70. The molecule has 1 heterocycles. The summed E-state index contributed by atoms with van der Waals surface area (Å²) in [5, 5.41) is 2.74. The Bertz CT molecular complexity index is 1270. The van der Waals surface area contributed by atoms with E-state index in [9.17, 15) is 18.0 Å². The number of amides is 1. The molecule has 0 radical (unpaired) electrons. The number of carbonyl (C=O) groups excluding carboxylic acids is 1. The van der Waals surface area contributed by atoms with Gasteiger partial charge in [-0.05, 0) is 64.5 Å². The van der Waals surface area contributed by atoms with E-state index < -0.39 is 12.0 Å². The topological polar surface area (TPSA) is 56.1 Å². The number of hydrogen-bond donors (Lipinski definition) is 1. The van der Waals surface area contributed by atoms with Crippen molar-refractivity contribution in [2.45, 2.75) is 6.18 Å². The highest BCUT2D eigenvalue weighted by atomic mass is 79.9. The second-order valence-corrected chi connectivity index (χ2v) is 7.46. The zero-order valence-corrected chi connectivity index (χ0v) is 17.7. The second kappa shape index (κ2) is 8.07. The highest BCUT2D eigenvalue weighted by Crippen LogP contribution is 2.35. The lowest BCUT2D eigenvalue weighted by Gasteiger charge is -2.13. The van der Waals surface area contributed by atoms with Crippen LogP contribution in [0.15, 0.2) is 71.2 Å². The summed E-state index contributed by atoms with van der Waals surface area (Å²) in [6, 6.07) is 17.6. The standard InChI is InChI=1S/C22H15BrF3N3O2/c1-31-15-10-11-19-18(12-15)28-21(22(24,25)26)29(19)14-8-6-13(7-9-14)27-20(30)16-4-2-3-5-17(16)23/h2-12H,1H3,(H,27,30). The molecule has 0 aliphatic carbocycles. The Morgan fingerprint density at radius 3 is 2.42 bits per heavy atom. The first kappa shape index (κ1) is 20.9. The van der Waals surface area contributed by atoms with Gasteiger partial charge in [0, 0.05) is 21.9 Å². The van der Waals surface area contributed by atoms with Crippen LogP contribution in [-0.4, -0.2) is 22.6 Å². The molecule has 31 heavy (non-hydrogen) atoms. The van der Waals surface area contributed by atoms with Gasteiger partial charge in [0.25, 0.3) is 5.91 Å². The first-order valence-electron chi connectivity index (χ1n) is 9.08. The molecule has 0 fully saturated rings. The third kappa shape index (κ3) is 4.13. The lowest BCUT2D eigenvalue weighted by molar-refractivity contribution is -0.145. The number of ether oxygens (including phenoxy) is 1. The van der Waals surface area contributed by atoms with Gasteiger partial charge in [0.2, 0.25) is 5.82 Å². The molecular formula is C22H15BrF3N3O2. The zero-order valence-electron chi connectivity index (χ0n) is 16.1. The van der Waals surface area contributed by atoms with Crippen molar-refractivity contribution < 1.29 is 22.7 Å². The maximum absolute atomic E-state index is 13.7. The molecule has 0 aliphatic rings. The third-order valence-electron chi connectivity index (χ3n) is 4.62. The van der Waals surface area contributed by atoms with Crippen LogP contribution < -0.4 is 10.1 Å². The van der Waals surface area contributed by atoms with Gasteiger partial charge in [0.15, 0.2) is 0 Å². The van der Waals surface area contributed by atoms with Crippen LogP contribution in [-0.2, 0) is 6.18 Å². The fraction of sp³-hybridized carbons (Fsp3) is 0.0909. The number of methoxy groups -OCH3 is 1. The van der Waals surface area contributed by atoms with Crippen LogP contribution in [0.3, 0.4) is 0 Å². The van der Waals surface area contributed by atoms with Crippen molar-refractivity contribution in [3.8, 4) is 11.4 Å². The molecule has 4 rings (SSSR count).